The quantitative estimate of drug-likeness (QED) is 0.126. The van der Waals surface area contributed by atoms with E-state index in [1.165, 1.54) is 0 Å². The minimum absolute atomic E-state index is 0.369. The van der Waals surface area contributed by atoms with Gasteiger partial charge in [0.2, 0.25) is 0 Å². The first-order valence-electron chi connectivity index (χ1n) is 26.1. The Hall–Kier alpha value is -10.6. The zero-order chi connectivity index (χ0) is 51.5. The standard InChI is InChI=1S/C68H46N10/c1-6-17-45(18-7-1)58-44-73-66-62(74-58)57-28-16-27-54-55-37-38-56(59-43-69-39-40-70-59)61-63-67(72-42-41-71-63)78(65(55)61)68(77(66)64(54)57)60(46-29-33-52(34-30-46)75(48-19-8-2-9-20-48)49-21-10-3-11-22-49)47-31-35-53(36-32-47)76(50-23-12-4-13-24-50)51-25-14-5-15-26-51/h1-44,60,68H. The van der Waals surface area contributed by atoms with Crippen LogP contribution in [0, 0.1) is 0 Å². The zero-order valence-corrected chi connectivity index (χ0v) is 42.0. The van der Waals surface area contributed by atoms with E-state index >= 15 is 0 Å². The second-order valence-corrected chi connectivity index (χ2v) is 19.5. The molecule has 10 nitrogen and oxygen atoms in total. The van der Waals surface area contributed by atoms with Gasteiger partial charge in [0.05, 0.1) is 34.8 Å². The second kappa shape index (κ2) is 18.7. The van der Waals surface area contributed by atoms with Crippen molar-refractivity contribution < 1.29 is 0 Å². The van der Waals surface area contributed by atoms with E-state index in [0.717, 1.165) is 123 Å². The first-order valence-corrected chi connectivity index (χ1v) is 26.1. The Labute approximate surface area is 449 Å². The molecule has 9 aromatic carbocycles. The van der Waals surface area contributed by atoms with E-state index in [2.05, 4.69) is 236 Å². The second-order valence-electron chi connectivity index (χ2n) is 19.5. The Morgan fingerprint density at radius 3 is 1.41 bits per heavy atom. The summed E-state index contributed by atoms with van der Waals surface area (Å²) in [6.45, 7) is 0. The topological polar surface area (TPSA) is 93.7 Å². The van der Waals surface area contributed by atoms with Gasteiger partial charge in [-0.3, -0.25) is 15.0 Å². The molecule has 14 aromatic rings. The number of rotatable bonds is 11. The van der Waals surface area contributed by atoms with Gasteiger partial charge in [0, 0.05) is 97.9 Å². The monoisotopic (exact) mass is 1000 g/mol. The van der Waals surface area contributed by atoms with Crippen molar-refractivity contribution in [2.75, 3.05) is 9.80 Å². The molecule has 1 unspecified atom stereocenters. The largest absolute Gasteiger partial charge is 0.311 e. The number of fused-ring (bicyclic) bond motifs is 7. The number of hydrogen-bond acceptors (Lipinski definition) is 8. The average molecular weight is 1000 g/mol. The number of benzene rings is 9. The van der Waals surface area contributed by atoms with E-state index in [-0.39, 0.29) is 5.92 Å². The van der Waals surface area contributed by atoms with Gasteiger partial charge in [-0.1, -0.05) is 158 Å². The van der Waals surface area contributed by atoms with Crippen LogP contribution in [0.4, 0.5) is 34.1 Å². The highest BCUT2D eigenvalue weighted by atomic mass is 15.3. The van der Waals surface area contributed by atoms with Gasteiger partial charge in [-0.15, -0.1) is 0 Å². The zero-order valence-electron chi connectivity index (χ0n) is 42.0. The molecule has 10 heteroatoms. The van der Waals surface area contributed by atoms with Crippen LogP contribution in [-0.2, 0) is 0 Å². The number of aromatic nitrogens is 8. The molecule has 1 aliphatic heterocycles. The summed E-state index contributed by atoms with van der Waals surface area (Å²) in [7, 11) is 0. The van der Waals surface area contributed by atoms with Crippen molar-refractivity contribution in [1.29, 1.82) is 0 Å². The number of hydrogen-bond donors (Lipinski definition) is 0. The molecule has 0 bridgehead atoms. The number of anilines is 6. The molecule has 0 N–H and O–H groups in total. The lowest BCUT2D eigenvalue weighted by Gasteiger charge is -2.33. The Bertz CT molecular complexity index is 4270. The van der Waals surface area contributed by atoms with Gasteiger partial charge in [0.25, 0.3) is 0 Å². The molecule has 0 fully saturated rings. The summed E-state index contributed by atoms with van der Waals surface area (Å²) in [6, 6.07) is 81.8. The SMILES string of the molecule is c1ccc(-c2cnc3c(n2)c2cccc4c2n3C(C(c2ccc(N(c3ccccc3)c3ccccc3)cc2)c2ccc(N(c3ccccc3)c3ccccc3)cc2)n2c3nccnc3c3c(-c5cnccn5)ccc-4c32)cc1. The molecule has 1 aliphatic rings. The van der Waals surface area contributed by atoms with Crippen molar-refractivity contribution in [3.8, 4) is 33.6 Å². The van der Waals surface area contributed by atoms with Crippen LogP contribution in [0.3, 0.4) is 0 Å². The Kier molecular flexibility index (Phi) is 10.7. The van der Waals surface area contributed by atoms with Crippen molar-refractivity contribution >= 4 is 78.3 Å². The molecular formula is C68H46N10. The minimum Gasteiger partial charge on any atom is -0.311 e. The Morgan fingerprint density at radius 1 is 0.359 bits per heavy atom. The Balaban J connectivity index is 1.04. The fourth-order valence-electron chi connectivity index (χ4n) is 11.9. The number of para-hydroxylation sites is 5. The van der Waals surface area contributed by atoms with E-state index in [1.54, 1.807) is 24.8 Å². The van der Waals surface area contributed by atoms with E-state index in [9.17, 15) is 0 Å². The summed E-state index contributed by atoms with van der Waals surface area (Å²) >= 11 is 0. The first-order chi connectivity index (χ1) is 38.7. The van der Waals surface area contributed by atoms with E-state index in [0.29, 0.717) is 0 Å². The van der Waals surface area contributed by atoms with Crippen LogP contribution in [0.25, 0.3) is 77.8 Å². The van der Waals surface area contributed by atoms with E-state index < -0.39 is 6.17 Å². The maximum atomic E-state index is 5.52. The van der Waals surface area contributed by atoms with Crippen molar-refractivity contribution in [3.63, 3.8) is 0 Å². The van der Waals surface area contributed by atoms with E-state index in [1.807, 2.05) is 30.6 Å². The fourth-order valence-corrected chi connectivity index (χ4v) is 11.9. The van der Waals surface area contributed by atoms with Crippen LogP contribution < -0.4 is 9.80 Å². The summed E-state index contributed by atoms with van der Waals surface area (Å²) < 4.78 is 4.88. The third-order valence-corrected chi connectivity index (χ3v) is 15.2. The van der Waals surface area contributed by atoms with Gasteiger partial charge in [-0.2, -0.15) is 0 Å². The summed E-state index contributed by atoms with van der Waals surface area (Å²) in [6.07, 6.45) is 10.3. The summed E-state index contributed by atoms with van der Waals surface area (Å²) in [5.41, 5.74) is 19.2. The first kappa shape index (κ1) is 44.9. The molecule has 1 atom stereocenters. The van der Waals surface area contributed by atoms with Crippen molar-refractivity contribution in [2.45, 2.75) is 12.1 Å². The van der Waals surface area contributed by atoms with Crippen molar-refractivity contribution in [1.82, 2.24) is 39.0 Å². The lowest BCUT2D eigenvalue weighted by atomic mass is 9.87. The van der Waals surface area contributed by atoms with Gasteiger partial charge in [0.1, 0.15) is 17.2 Å². The molecule has 368 valence electrons. The molecule has 0 saturated carbocycles. The minimum atomic E-state index is -0.534. The normalized spacial score (nSPS) is 12.9. The highest BCUT2D eigenvalue weighted by molar-refractivity contribution is 6.20. The maximum Gasteiger partial charge on any atom is 0.161 e. The van der Waals surface area contributed by atoms with Gasteiger partial charge in [-0.25, -0.2) is 15.0 Å². The van der Waals surface area contributed by atoms with Crippen LogP contribution in [0.2, 0.25) is 0 Å². The smallest absolute Gasteiger partial charge is 0.161 e. The molecule has 5 aromatic heterocycles. The average Bonchev–Trinajstić information content (AvgIpc) is 4.18. The molecule has 0 amide bonds. The molecule has 0 spiro atoms. The van der Waals surface area contributed by atoms with Crippen LogP contribution in [0.5, 0.6) is 0 Å². The van der Waals surface area contributed by atoms with Gasteiger partial charge in [-0.05, 0) is 83.9 Å². The van der Waals surface area contributed by atoms with Gasteiger partial charge >= 0.3 is 0 Å². The lowest BCUT2D eigenvalue weighted by Crippen LogP contribution is -2.26. The molecule has 0 aliphatic carbocycles. The van der Waals surface area contributed by atoms with Gasteiger partial charge in [0.15, 0.2) is 11.3 Å². The lowest BCUT2D eigenvalue weighted by molar-refractivity contribution is 0.425. The van der Waals surface area contributed by atoms with Crippen LogP contribution in [0.15, 0.2) is 268 Å². The van der Waals surface area contributed by atoms with Gasteiger partial charge < -0.3 is 18.9 Å². The summed E-state index contributed by atoms with van der Waals surface area (Å²) in [4.78, 5) is 35.6. The summed E-state index contributed by atoms with van der Waals surface area (Å²) in [5.74, 6) is -0.369. The van der Waals surface area contributed by atoms with Crippen LogP contribution in [0.1, 0.15) is 23.2 Å². The van der Waals surface area contributed by atoms with Crippen molar-refractivity contribution in [3.05, 3.63) is 279 Å². The molecular weight excluding hydrogens is 957 g/mol. The third-order valence-electron chi connectivity index (χ3n) is 15.2. The molecule has 0 saturated heterocycles. The predicted octanol–water partition coefficient (Wildman–Crippen LogP) is 16.4. The highest BCUT2D eigenvalue weighted by Crippen LogP contribution is 2.53. The molecule has 0 radical (unpaired) electrons. The molecule has 6 heterocycles. The fraction of sp³-hybridized carbons (Fsp3) is 0.0294. The maximum absolute atomic E-state index is 5.52. The third kappa shape index (κ3) is 7.33. The predicted molar refractivity (Wildman–Crippen MR) is 314 cm³/mol. The molecule has 15 rings (SSSR count). The van der Waals surface area contributed by atoms with Crippen molar-refractivity contribution in [2.24, 2.45) is 0 Å². The van der Waals surface area contributed by atoms with E-state index in [4.69, 9.17) is 24.9 Å². The molecule has 78 heavy (non-hydrogen) atoms. The Morgan fingerprint density at radius 2 is 0.846 bits per heavy atom. The summed E-state index contributed by atoms with van der Waals surface area (Å²) in [5, 5.41) is 1.97. The van der Waals surface area contributed by atoms with Crippen LogP contribution >= 0.6 is 0 Å². The van der Waals surface area contributed by atoms with Crippen LogP contribution in [-0.4, -0.2) is 39.0 Å². The highest BCUT2D eigenvalue weighted by Gasteiger charge is 2.39. The number of nitrogens with zero attached hydrogens (tertiary/aromatic N) is 10.